The third-order valence-electron chi connectivity index (χ3n) is 5.85. The molecule has 3 aliphatic rings. The third-order valence-corrected chi connectivity index (χ3v) is 5.85. The van der Waals surface area contributed by atoms with E-state index in [0.29, 0.717) is 10.8 Å². The van der Waals surface area contributed by atoms with Gasteiger partial charge in [0.05, 0.1) is 18.6 Å². The number of aliphatic imine (C=N–C) groups is 2. The van der Waals surface area contributed by atoms with Gasteiger partial charge in [-0.1, -0.05) is 98.3 Å². The normalized spacial score (nSPS) is 16.7. The molecule has 1 aliphatic carbocycles. The molecular formula is C32H52N4. The number of hydrogen-bond acceptors (Lipinski definition) is 3. The van der Waals surface area contributed by atoms with Crippen molar-refractivity contribution in [3.8, 4) is 0 Å². The van der Waals surface area contributed by atoms with Gasteiger partial charge in [0.1, 0.15) is 0 Å². The molecule has 3 heterocycles. The lowest BCUT2D eigenvalue weighted by Crippen LogP contribution is -2.21. The van der Waals surface area contributed by atoms with Gasteiger partial charge >= 0.3 is 0 Å². The Morgan fingerprint density at radius 2 is 1.44 bits per heavy atom. The molecule has 0 radical (unpaired) electrons. The quantitative estimate of drug-likeness (QED) is 0.357. The zero-order valence-electron chi connectivity index (χ0n) is 25.2. The molecule has 0 amide bonds. The highest BCUT2D eigenvalue weighted by Crippen LogP contribution is 2.30. The summed E-state index contributed by atoms with van der Waals surface area (Å²) >= 11 is 0. The van der Waals surface area contributed by atoms with Crippen molar-refractivity contribution in [2.24, 2.45) is 26.2 Å². The van der Waals surface area contributed by atoms with Crippen LogP contribution < -0.4 is 0 Å². The van der Waals surface area contributed by atoms with Gasteiger partial charge in [-0.05, 0) is 55.7 Å². The molecular weight excluding hydrogens is 440 g/mol. The summed E-state index contributed by atoms with van der Waals surface area (Å²) in [4.78, 5) is 8.43. The Morgan fingerprint density at radius 1 is 0.778 bits per heavy atom. The van der Waals surface area contributed by atoms with E-state index in [9.17, 15) is 0 Å². The summed E-state index contributed by atoms with van der Waals surface area (Å²) in [5, 5.41) is 4.10. The van der Waals surface area contributed by atoms with Crippen LogP contribution >= 0.6 is 0 Å². The molecule has 1 aromatic heterocycles. The minimum absolute atomic E-state index is 0.128. The molecule has 0 N–H and O–H groups in total. The molecule has 4 heteroatoms. The molecule has 0 atom stereocenters. The lowest BCUT2D eigenvalue weighted by molar-refractivity contribution is 0.355. The smallest absolute Gasteiger partial charge is 0.0577 e. The maximum absolute atomic E-state index is 4.31. The molecule has 4 nitrogen and oxygen atoms in total. The van der Waals surface area contributed by atoms with Crippen LogP contribution in [0.15, 0.2) is 76.0 Å². The fourth-order valence-electron chi connectivity index (χ4n) is 3.38. The second-order valence-corrected chi connectivity index (χ2v) is 13.5. The van der Waals surface area contributed by atoms with E-state index in [1.54, 1.807) is 11.8 Å². The van der Waals surface area contributed by atoms with Crippen molar-refractivity contribution in [2.45, 2.75) is 95.0 Å². The van der Waals surface area contributed by atoms with E-state index >= 15 is 0 Å². The van der Waals surface area contributed by atoms with Crippen LogP contribution in [0.2, 0.25) is 0 Å². The molecule has 2 aliphatic heterocycles. The number of rotatable bonds is 0. The molecule has 0 aromatic carbocycles. The van der Waals surface area contributed by atoms with Gasteiger partial charge in [-0.15, -0.1) is 0 Å². The van der Waals surface area contributed by atoms with Crippen LogP contribution in [0.1, 0.15) is 89.5 Å². The van der Waals surface area contributed by atoms with Crippen molar-refractivity contribution in [2.75, 3.05) is 13.1 Å². The lowest BCUT2D eigenvalue weighted by Gasteiger charge is -2.19. The molecule has 0 spiro atoms. The van der Waals surface area contributed by atoms with E-state index in [2.05, 4.69) is 135 Å². The molecule has 1 aromatic rings. The van der Waals surface area contributed by atoms with Crippen LogP contribution in [0.4, 0.5) is 0 Å². The molecule has 0 saturated carbocycles. The average molecular weight is 493 g/mol. The predicted octanol–water partition coefficient (Wildman–Crippen LogP) is 8.64. The first-order chi connectivity index (χ1) is 16.4. The first-order valence-corrected chi connectivity index (χ1v) is 13.2. The van der Waals surface area contributed by atoms with Gasteiger partial charge in [-0.2, -0.15) is 5.10 Å². The summed E-state index contributed by atoms with van der Waals surface area (Å²) in [6, 6.07) is 1.94. The highest BCUT2D eigenvalue weighted by Gasteiger charge is 2.18. The van der Waals surface area contributed by atoms with Crippen LogP contribution in [-0.4, -0.2) is 34.8 Å². The van der Waals surface area contributed by atoms with E-state index in [1.165, 1.54) is 11.3 Å². The van der Waals surface area contributed by atoms with Gasteiger partial charge in [-0.3, -0.25) is 14.7 Å². The van der Waals surface area contributed by atoms with Crippen LogP contribution in [0.3, 0.4) is 0 Å². The minimum atomic E-state index is 0.128. The number of allylic oxidation sites excluding steroid dienone is 6. The van der Waals surface area contributed by atoms with E-state index in [0.717, 1.165) is 19.5 Å². The SMILES string of the molecule is CC(C)(C)C1=CC=CC1.CC(C)(C)C1=CCN=C1.CC(C)(C)C1=NCC=C1.CC(C)(C)n1cccn1. The van der Waals surface area contributed by atoms with Gasteiger partial charge < -0.3 is 0 Å². The lowest BCUT2D eigenvalue weighted by atomic mass is 9.86. The maximum atomic E-state index is 4.31. The number of nitrogens with zero attached hydrogens (tertiary/aromatic N) is 4. The summed E-state index contributed by atoms with van der Waals surface area (Å²) in [5.74, 6) is 0. The van der Waals surface area contributed by atoms with Gasteiger partial charge in [0.2, 0.25) is 0 Å². The summed E-state index contributed by atoms with van der Waals surface area (Å²) < 4.78 is 1.94. The second-order valence-electron chi connectivity index (χ2n) is 13.5. The van der Waals surface area contributed by atoms with Crippen molar-refractivity contribution in [3.05, 3.63) is 66.1 Å². The molecule has 0 fully saturated rings. The van der Waals surface area contributed by atoms with E-state index in [4.69, 9.17) is 0 Å². The van der Waals surface area contributed by atoms with Crippen molar-refractivity contribution in [1.82, 2.24) is 9.78 Å². The van der Waals surface area contributed by atoms with E-state index in [1.807, 2.05) is 23.2 Å². The zero-order chi connectivity index (χ0) is 27.6. The van der Waals surface area contributed by atoms with Crippen LogP contribution in [0.25, 0.3) is 0 Å². The topological polar surface area (TPSA) is 42.5 Å². The van der Waals surface area contributed by atoms with Crippen molar-refractivity contribution in [3.63, 3.8) is 0 Å². The Balaban J connectivity index is 0.000000240. The molecule has 4 rings (SSSR count). The highest BCUT2D eigenvalue weighted by molar-refractivity contribution is 6.00. The van der Waals surface area contributed by atoms with Gasteiger partial charge in [0, 0.05) is 29.7 Å². The van der Waals surface area contributed by atoms with Gasteiger partial charge in [0.25, 0.3) is 0 Å². The van der Waals surface area contributed by atoms with Crippen LogP contribution in [0.5, 0.6) is 0 Å². The van der Waals surface area contributed by atoms with E-state index < -0.39 is 0 Å². The Morgan fingerprint density at radius 3 is 1.67 bits per heavy atom. The predicted molar refractivity (Wildman–Crippen MR) is 160 cm³/mol. The molecule has 0 unspecified atom stereocenters. The second kappa shape index (κ2) is 13.2. The average Bonchev–Trinajstić information content (AvgIpc) is 3.57. The minimum Gasteiger partial charge on any atom is -0.289 e. The Hall–Kier alpha value is -2.49. The van der Waals surface area contributed by atoms with E-state index in [-0.39, 0.29) is 11.0 Å². The molecule has 0 bridgehead atoms. The Labute approximate surface area is 222 Å². The number of hydrogen-bond donors (Lipinski definition) is 0. The fraction of sp³-hybridized carbons (Fsp3) is 0.594. The number of aromatic nitrogens is 2. The first-order valence-electron chi connectivity index (χ1n) is 13.2. The molecule has 0 saturated heterocycles. The third kappa shape index (κ3) is 12.0. The summed E-state index contributed by atoms with van der Waals surface area (Å²) in [7, 11) is 0. The Bertz CT molecular complexity index is 929. The molecule has 200 valence electrons. The maximum Gasteiger partial charge on any atom is 0.0577 e. The summed E-state index contributed by atoms with van der Waals surface area (Å²) in [6.45, 7) is 28.1. The Kier molecular flexibility index (Phi) is 11.5. The van der Waals surface area contributed by atoms with Crippen LogP contribution in [-0.2, 0) is 5.54 Å². The first kappa shape index (κ1) is 31.5. The standard InChI is InChI=1S/C9H14.2C8H13N.C7H12N2/c1-9(2,3)8-6-4-5-7-8;1-8(2,3)7-4-5-9-6-7;1-8(2,3)7-5-4-6-9-7;1-7(2,3)9-6-4-5-8-9/h4-6H,7H2,1-3H3;4,6H,5H2,1-3H3;4-5H,6H2,1-3H3;4-6H,1-3H3. The highest BCUT2D eigenvalue weighted by atomic mass is 15.3. The van der Waals surface area contributed by atoms with Crippen molar-refractivity contribution in [1.29, 1.82) is 0 Å². The van der Waals surface area contributed by atoms with Gasteiger partial charge in [0.15, 0.2) is 0 Å². The van der Waals surface area contributed by atoms with Crippen molar-refractivity contribution < 1.29 is 0 Å². The summed E-state index contributed by atoms with van der Waals surface area (Å²) in [6.07, 6.45) is 19.9. The molecule has 36 heavy (non-hydrogen) atoms. The summed E-state index contributed by atoms with van der Waals surface area (Å²) in [5.41, 5.74) is 5.17. The van der Waals surface area contributed by atoms with Crippen LogP contribution in [0, 0.1) is 16.2 Å². The van der Waals surface area contributed by atoms with Gasteiger partial charge in [-0.25, -0.2) is 0 Å². The zero-order valence-corrected chi connectivity index (χ0v) is 25.2. The fourth-order valence-corrected chi connectivity index (χ4v) is 3.38. The largest absolute Gasteiger partial charge is 0.289 e. The van der Waals surface area contributed by atoms with Crippen molar-refractivity contribution >= 4 is 11.9 Å². The monoisotopic (exact) mass is 492 g/mol.